The van der Waals surface area contributed by atoms with Gasteiger partial charge in [0.15, 0.2) is 0 Å². The second-order valence-corrected chi connectivity index (χ2v) is 3.83. The molecule has 60 valence electrons. The van der Waals surface area contributed by atoms with Crippen LogP contribution in [0.15, 0.2) is 22.8 Å². The molecule has 0 bridgehead atoms. The maximum Gasteiger partial charge on any atom is 0.138 e. The monoisotopic (exact) mass is 234 g/mol. The summed E-state index contributed by atoms with van der Waals surface area (Å²) in [5.41, 5.74) is 0. The van der Waals surface area contributed by atoms with Crippen LogP contribution in [0.2, 0.25) is 0 Å². The van der Waals surface area contributed by atoms with Crippen molar-refractivity contribution in [2.45, 2.75) is 0 Å². The molecule has 0 amide bonds. The van der Waals surface area contributed by atoms with Crippen molar-refractivity contribution in [3.8, 4) is 0 Å². The van der Waals surface area contributed by atoms with Crippen molar-refractivity contribution in [3.05, 3.63) is 22.8 Å². The summed E-state index contributed by atoms with van der Waals surface area (Å²) in [6, 6.07) is 5.39. The zero-order valence-corrected chi connectivity index (χ0v) is 8.28. The maximum absolute atomic E-state index is 10.7. The number of anilines is 1. The first-order chi connectivity index (χ1) is 5.18. The van der Waals surface area contributed by atoms with Crippen LogP contribution in [-0.2, 0) is 11.0 Å². The van der Waals surface area contributed by atoms with Gasteiger partial charge in [-0.05, 0) is 28.1 Å². The lowest BCUT2D eigenvalue weighted by Gasteiger charge is -1.99. The molecule has 1 heterocycles. The smallest absolute Gasteiger partial charge is 0.138 e. The highest BCUT2D eigenvalue weighted by Crippen LogP contribution is 2.09. The molecule has 0 aliphatic rings. The molecule has 1 N–H and O–H groups in total. The SMILES string of the molecule is CS(=O)Nc1cccc(Br)n1. The van der Waals surface area contributed by atoms with E-state index in [-0.39, 0.29) is 0 Å². The number of hydrogen-bond acceptors (Lipinski definition) is 2. The second-order valence-electron chi connectivity index (χ2n) is 1.90. The van der Waals surface area contributed by atoms with Gasteiger partial charge in [0, 0.05) is 6.26 Å². The average molecular weight is 235 g/mol. The predicted molar refractivity (Wildman–Crippen MR) is 49.6 cm³/mol. The molecule has 1 aromatic heterocycles. The van der Waals surface area contributed by atoms with E-state index >= 15 is 0 Å². The first-order valence-electron chi connectivity index (χ1n) is 2.91. The number of halogens is 1. The van der Waals surface area contributed by atoms with E-state index in [1.165, 1.54) is 0 Å². The van der Waals surface area contributed by atoms with Gasteiger partial charge in [0.25, 0.3) is 0 Å². The van der Waals surface area contributed by atoms with Crippen molar-refractivity contribution in [2.75, 3.05) is 11.0 Å². The van der Waals surface area contributed by atoms with Crippen molar-refractivity contribution in [1.29, 1.82) is 0 Å². The van der Waals surface area contributed by atoms with E-state index in [0.717, 1.165) is 4.60 Å². The third-order valence-electron chi connectivity index (χ3n) is 0.963. The topological polar surface area (TPSA) is 42.0 Å². The maximum atomic E-state index is 10.7. The van der Waals surface area contributed by atoms with Crippen LogP contribution in [-0.4, -0.2) is 15.4 Å². The Labute approximate surface area is 75.9 Å². The number of nitrogens with one attached hydrogen (secondary N) is 1. The molecule has 11 heavy (non-hydrogen) atoms. The van der Waals surface area contributed by atoms with Crippen molar-refractivity contribution in [1.82, 2.24) is 4.98 Å². The van der Waals surface area contributed by atoms with Gasteiger partial charge in [-0.3, -0.25) is 4.72 Å². The third kappa shape index (κ3) is 2.98. The molecule has 0 fully saturated rings. The molecule has 1 rings (SSSR count). The van der Waals surface area contributed by atoms with Crippen molar-refractivity contribution in [3.63, 3.8) is 0 Å². The van der Waals surface area contributed by atoms with Gasteiger partial charge in [-0.25, -0.2) is 9.19 Å². The lowest BCUT2D eigenvalue weighted by atomic mass is 10.5. The first-order valence-corrected chi connectivity index (χ1v) is 5.26. The van der Waals surface area contributed by atoms with Gasteiger partial charge < -0.3 is 0 Å². The summed E-state index contributed by atoms with van der Waals surface area (Å²) in [5.74, 6) is 0.611. The molecule has 0 radical (unpaired) electrons. The Kier molecular flexibility index (Phi) is 3.02. The summed E-state index contributed by atoms with van der Waals surface area (Å²) in [7, 11) is -1.06. The molecule has 0 aliphatic heterocycles. The summed E-state index contributed by atoms with van der Waals surface area (Å²) < 4.78 is 14.1. The summed E-state index contributed by atoms with van der Waals surface area (Å²) in [6.07, 6.45) is 1.56. The summed E-state index contributed by atoms with van der Waals surface area (Å²) >= 11 is 3.20. The fourth-order valence-electron chi connectivity index (χ4n) is 0.612. The van der Waals surface area contributed by atoms with E-state index in [9.17, 15) is 4.21 Å². The average Bonchev–Trinajstić information content (AvgIpc) is 1.85. The minimum atomic E-state index is -1.06. The van der Waals surface area contributed by atoms with Crippen LogP contribution in [0.3, 0.4) is 0 Å². The van der Waals surface area contributed by atoms with Crippen LogP contribution in [0.1, 0.15) is 0 Å². The molecule has 1 aromatic rings. The molecule has 1 atom stereocenters. The Morgan fingerprint density at radius 1 is 1.64 bits per heavy atom. The number of hydrogen-bond donors (Lipinski definition) is 1. The quantitative estimate of drug-likeness (QED) is 0.790. The fourth-order valence-corrected chi connectivity index (χ4v) is 1.36. The van der Waals surface area contributed by atoms with Gasteiger partial charge in [-0.15, -0.1) is 0 Å². The highest BCUT2D eigenvalue weighted by molar-refractivity contribution is 9.10. The van der Waals surface area contributed by atoms with E-state index in [1.807, 2.05) is 12.1 Å². The van der Waals surface area contributed by atoms with Gasteiger partial charge in [0.2, 0.25) is 0 Å². The van der Waals surface area contributed by atoms with Crippen LogP contribution < -0.4 is 4.72 Å². The molecule has 0 aliphatic carbocycles. The van der Waals surface area contributed by atoms with E-state index < -0.39 is 11.0 Å². The number of aromatic nitrogens is 1. The van der Waals surface area contributed by atoms with E-state index in [0.29, 0.717) is 5.82 Å². The first kappa shape index (κ1) is 8.67. The third-order valence-corrected chi connectivity index (χ3v) is 1.90. The van der Waals surface area contributed by atoms with E-state index in [4.69, 9.17) is 0 Å². The zero-order chi connectivity index (χ0) is 8.27. The van der Waals surface area contributed by atoms with Gasteiger partial charge in [0.1, 0.15) is 21.4 Å². The van der Waals surface area contributed by atoms with Crippen LogP contribution >= 0.6 is 15.9 Å². The minimum absolute atomic E-state index is 0.611. The number of rotatable bonds is 2. The van der Waals surface area contributed by atoms with Crippen molar-refractivity contribution >= 4 is 32.7 Å². The van der Waals surface area contributed by atoms with Crippen LogP contribution in [0, 0.1) is 0 Å². The second kappa shape index (κ2) is 3.82. The van der Waals surface area contributed by atoms with E-state index in [2.05, 4.69) is 25.6 Å². The molecular formula is C6H7BrN2OS. The fraction of sp³-hybridized carbons (Fsp3) is 0.167. The van der Waals surface area contributed by atoms with Gasteiger partial charge in [0.05, 0.1) is 0 Å². The normalized spacial score (nSPS) is 12.5. The summed E-state index contributed by atoms with van der Waals surface area (Å²) in [6.45, 7) is 0. The molecule has 0 saturated heterocycles. The Morgan fingerprint density at radius 2 is 2.36 bits per heavy atom. The lowest BCUT2D eigenvalue weighted by Crippen LogP contribution is -2.02. The zero-order valence-electron chi connectivity index (χ0n) is 5.87. The number of pyridine rings is 1. The Hall–Kier alpha value is -0.420. The van der Waals surface area contributed by atoms with Crippen LogP contribution in [0.25, 0.3) is 0 Å². The Balaban J connectivity index is 2.79. The van der Waals surface area contributed by atoms with Gasteiger partial charge in [-0.2, -0.15) is 0 Å². The molecule has 0 saturated carbocycles. The van der Waals surface area contributed by atoms with Crippen molar-refractivity contribution in [2.24, 2.45) is 0 Å². The standard InChI is InChI=1S/C6H7BrN2OS/c1-11(10)9-6-4-2-3-5(7)8-6/h2-4H,1H3,(H,8,9). The van der Waals surface area contributed by atoms with Crippen LogP contribution in [0.4, 0.5) is 5.82 Å². The summed E-state index contributed by atoms with van der Waals surface area (Å²) in [4.78, 5) is 4.03. The lowest BCUT2D eigenvalue weighted by molar-refractivity contribution is 0.689. The molecule has 3 nitrogen and oxygen atoms in total. The van der Waals surface area contributed by atoms with Crippen LogP contribution in [0.5, 0.6) is 0 Å². The molecule has 0 aromatic carbocycles. The van der Waals surface area contributed by atoms with Gasteiger partial charge >= 0.3 is 0 Å². The minimum Gasteiger partial charge on any atom is -0.290 e. The Morgan fingerprint density at radius 3 is 2.91 bits per heavy atom. The molecule has 1 unspecified atom stereocenters. The highest BCUT2D eigenvalue weighted by atomic mass is 79.9. The molecular weight excluding hydrogens is 228 g/mol. The van der Waals surface area contributed by atoms with E-state index in [1.54, 1.807) is 12.3 Å². The molecule has 5 heteroatoms. The predicted octanol–water partition coefficient (Wildman–Crippen LogP) is 1.55. The largest absolute Gasteiger partial charge is 0.290 e. The highest BCUT2D eigenvalue weighted by Gasteiger charge is 1.94. The number of nitrogens with zero attached hydrogens (tertiary/aromatic N) is 1. The molecule has 0 spiro atoms. The summed E-state index contributed by atoms with van der Waals surface area (Å²) in [5, 5.41) is 0. The van der Waals surface area contributed by atoms with Gasteiger partial charge in [-0.1, -0.05) is 6.07 Å². The Bertz CT molecular complexity index is 279. The van der Waals surface area contributed by atoms with Crippen molar-refractivity contribution < 1.29 is 4.21 Å².